The fraction of sp³-hybridized carbons (Fsp3) is 0.661. The van der Waals surface area contributed by atoms with Gasteiger partial charge in [0.15, 0.2) is 6.10 Å². The molecule has 0 aromatic rings. The number of unbranched alkanes of at least 4 members (excludes halogenated alkanes) is 19. The van der Waals surface area contributed by atoms with Crippen molar-refractivity contribution < 1.29 is 28.6 Å². The lowest BCUT2D eigenvalue weighted by atomic mass is 10.1. The third-order valence-corrected chi connectivity index (χ3v) is 10.4. The lowest BCUT2D eigenvalue weighted by molar-refractivity contribution is -0.167. The first-order valence-electron chi connectivity index (χ1n) is 25.3. The molecule has 352 valence electrons. The normalized spacial score (nSPS) is 12.9. The summed E-state index contributed by atoms with van der Waals surface area (Å²) in [6.07, 6.45) is 65.4. The van der Waals surface area contributed by atoms with Crippen LogP contribution >= 0.6 is 0 Å². The van der Waals surface area contributed by atoms with Gasteiger partial charge >= 0.3 is 17.9 Å². The first-order chi connectivity index (χ1) is 30.5. The van der Waals surface area contributed by atoms with Crippen LogP contribution in [0.2, 0.25) is 0 Å². The average molecular weight is 861 g/mol. The zero-order valence-corrected chi connectivity index (χ0v) is 40.1. The first kappa shape index (κ1) is 58.3. The summed E-state index contributed by atoms with van der Waals surface area (Å²) >= 11 is 0. The maximum atomic E-state index is 12.8. The maximum Gasteiger partial charge on any atom is 0.306 e. The van der Waals surface area contributed by atoms with Gasteiger partial charge in [-0.05, 0) is 103 Å². The van der Waals surface area contributed by atoms with E-state index in [-0.39, 0.29) is 31.1 Å². The number of rotatable bonds is 44. The van der Waals surface area contributed by atoms with E-state index in [2.05, 4.69) is 118 Å². The van der Waals surface area contributed by atoms with Gasteiger partial charge in [0.05, 0.1) is 0 Å². The number of ether oxygens (including phenoxy) is 3. The van der Waals surface area contributed by atoms with Gasteiger partial charge in [-0.15, -0.1) is 0 Å². The molecule has 0 heterocycles. The Hall–Kier alpha value is -3.67. The molecule has 1 atom stereocenters. The van der Waals surface area contributed by atoms with Crippen molar-refractivity contribution in [3.05, 3.63) is 97.2 Å². The maximum absolute atomic E-state index is 12.8. The van der Waals surface area contributed by atoms with E-state index in [1.54, 1.807) is 0 Å². The minimum absolute atomic E-state index is 0.105. The molecule has 0 aromatic heterocycles. The van der Waals surface area contributed by atoms with Crippen LogP contribution in [0.3, 0.4) is 0 Å². The molecule has 0 rings (SSSR count). The van der Waals surface area contributed by atoms with Crippen LogP contribution in [0.15, 0.2) is 97.2 Å². The van der Waals surface area contributed by atoms with E-state index in [1.807, 2.05) is 0 Å². The van der Waals surface area contributed by atoms with Crippen LogP contribution in [0.4, 0.5) is 0 Å². The Balaban J connectivity index is 4.47. The van der Waals surface area contributed by atoms with Crippen molar-refractivity contribution in [3.8, 4) is 0 Å². The Bertz CT molecular complexity index is 1260. The van der Waals surface area contributed by atoms with Crippen molar-refractivity contribution in [3.63, 3.8) is 0 Å². The quantitative estimate of drug-likeness (QED) is 0.0200. The molecule has 0 radical (unpaired) electrons. The van der Waals surface area contributed by atoms with E-state index in [9.17, 15) is 14.4 Å². The van der Waals surface area contributed by atoms with E-state index in [1.165, 1.54) is 57.8 Å². The van der Waals surface area contributed by atoms with E-state index in [0.717, 1.165) is 122 Å². The molecule has 62 heavy (non-hydrogen) atoms. The minimum atomic E-state index is -0.806. The predicted octanol–water partition coefficient (Wildman–Crippen LogP) is 16.6. The lowest BCUT2D eigenvalue weighted by Crippen LogP contribution is -2.30. The van der Waals surface area contributed by atoms with Crippen molar-refractivity contribution in [2.75, 3.05) is 13.2 Å². The van der Waals surface area contributed by atoms with Crippen molar-refractivity contribution in [2.24, 2.45) is 0 Å². The van der Waals surface area contributed by atoms with Crippen molar-refractivity contribution >= 4 is 17.9 Å². The van der Waals surface area contributed by atoms with Crippen LogP contribution in [-0.2, 0) is 28.6 Å². The summed E-state index contributed by atoms with van der Waals surface area (Å²) in [7, 11) is 0. The number of hydrogen-bond donors (Lipinski definition) is 0. The van der Waals surface area contributed by atoms with Gasteiger partial charge in [-0.3, -0.25) is 14.4 Å². The molecular formula is C56H92O6. The Morgan fingerprint density at radius 2 is 0.694 bits per heavy atom. The smallest absolute Gasteiger partial charge is 0.306 e. The Kier molecular flexibility index (Phi) is 47.0. The third kappa shape index (κ3) is 47.4. The monoisotopic (exact) mass is 861 g/mol. The molecule has 1 unspecified atom stereocenters. The largest absolute Gasteiger partial charge is 0.462 e. The third-order valence-electron chi connectivity index (χ3n) is 10.4. The number of carbonyl (C=O) groups excluding carboxylic acids is 3. The van der Waals surface area contributed by atoms with Gasteiger partial charge in [0.1, 0.15) is 13.2 Å². The Morgan fingerprint density at radius 1 is 0.355 bits per heavy atom. The molecule has 0 N–H and O–H groups in total. The number of carbonyl (C=O) groups is 3. The zero-order chi connectivity index (χ0) is 45.1. The molecule has 0 aliphatic rings. The lowest BCUT2D eigenvalue weighted by Gasteiger charge is -2.18. The second kappa shape index (κ2) is 50.0. The highest BCUT2D eigenvalue weighted by atomic mass is 16.6. The van der Waals surface area contributed by atoms with Crippen LogP contribution in [0, 0.1) is 0 Å². The summed E-state index contributed by atoms with van der Waals surface area (Å²) in [5.41, 5.74) is 0. The summed E-state index contributed by atoms with van der Waals surface area (Å²) < 4.78 is 16.7. The van der Waals surface area contributed by atoms with Crippen LogP contribution in [0.5, 0.6) is 0 Å². The van der Waals surface area contributed by atoms with E-state index < -0.39 is 6.10 Å². The van der Waals surface area contributed by atoms with Gasteiger partial charge in [-0.2, -0.15) is 0 Å². The molecule has 0 saturated carbocycles. The topological polar surface area (TPSA) is 78.9 Å². The minimum Gasteiger partial charge on any atom is -0.462 e. The van der Waals surface area contributed by atoms with Gasteiger partial charge in [-0.1, -0.05) is 195 Å². The second-order valence-corrected chi connectivity index (χ2v) is 16.4. The van der Waals surface area contributed by atoms with Crippen LogP contribution < -0.4 is 0 Å². The highest BCUT2D eigenvalue weighted by Crippen LogP contribution is 2.13. The van der Waals surface area contributed by atoms with Gasteiger partial charge in [0, 0.05) is 19.3 Å². The van der Waals surface area contributed by atoms with Crippen LogP contribution in [0.1, 0.15) is 220 Å². The van der Waals surface area contributed by atoms with Crippen molar-refractivity contribution in [1.82, 2.24) is 0 Å². The fourth-order valence-corrected chi connectivity index (χ4v) is 6.61. The highest BCUT2D eigenvalue weighted by Gasteiger charge is 2.19. The summed E-state index contributed by atoms with van der Waals surface area (Å²) in [6, 6.07) is 0. The van der Waals surface area contributed by atoms with Crippen LogP contribution in [0.25, 0.3) is 0 Å². The number of hydrogen-bond acceptors (Lipinski definition) is 6. The van der Waals surface area contributed by atoms with Crippen molar-refractivity contribution in [1.29, 1.82) is 0 Å². The van der Waals surface area contributed by atoms with E-state index in [0.29, 0.717) is 19.3 Å². The van der Waals surface area contributed by atoms with E-state index in [4.69, 9.17) is 14.2 Å². The molecule has 0 aromatic carbocycles. The van der Waals surface area contributed by atoms with Crippen molar-refractivity contribution in [2.45, 2.75) is 226 Å². The van der Waals surface area contributed by atoms with Gasteiger partial charge < -0.3 is 14.2 Å². The molecule has 0 bridgehead atoms. The predicted molar refractivity (Wildman–Crippen MR) is 265 cm³/mol. The Morgan fingerprint density at radius 3 is 1.15 bits per heavy atom. The Labute approximate surface area is 381 Å². The average Bonchev–Trinajstić information content (AvgIpc) is 3.27. The standard InChI is InChI=1S/C56H92O6/c1-4-7-10-13-16-19-22-25-27-28-29-30-32-34-37-40-43-46-49-55(58)61-52-53(51-60-54(57)48-45-42-39-36-33-24-21-18-15-12-9-6-3)62-56(59)50-47-44-41-38-35-31-26-23-20-17-14-11-8-5-2/h8-9,11-12,17-18,20-22,25,27-30,33,36,53H,4-7,10,13-16,19,23-24,26,31-32,34-35,37-52H2,1-3H3/b11-8-,12-9-,20-17-,21-18-,25-22-,28-27-,30-29-,36-33-. The van der Waals surface area contributed by atoms with E-state index >= 15 is 0 Å². The van der Waals surface area contributed by atoms with Gasteiger partial charge in [0.25, 0.3) is 0 Å². The van der Waals surface area contributed by atoms with Gasteiger partial charge in [-0.25, -0.2) is 0 Å². The highest BCUT2D eigenvalue weighted by molar-refractivity contribution is 5.71. The molecule has 6 heteroatoms. The summed E-state index contributed by atoms with van der Waals surface area (Å²) in [4.78, 5) is 37.9. The molecule has 0 spiro atoms. The van der Waals surface area contributed by atoms with Crippen LogP contribution in [-0.4, -0.2) is 37.2 Å². The molecular weight excluding hydrogens is 769 g/mol. The molecule has 0 fully saturated rings. The fourth-order valence-electron chi connectivity index (χ4n) is 6.61. The SMILES string of the molecule is CC/C=C\C/C=C\C/C=C\CCCCC(=O)OCC(COC(=O)CCCCCCC\C=C/C=C\C=C/CCCCCCC)OC(=O)CCCCCCCCC/C=C\C/C=C\CC. The number of allylic oxidation sites excluding steroid dienone is 16. The molecule has 0 amide bonds. The number of esters is 3. The first-order valence-corrected chi connectivity index (χ1v) is 25.3. The zero-order valence-electron chi connectivity index (χ0n) is 40.1. The van der Waals surface area contributed by atoms with Gasteiger partial charge in [0.2, 0.25) is 0 Å². The molecule has 6 nitrogen and oxygen atoms in total. The summed E-state index contributed by atoms with van der Waals surface area (Å²) in [6.45, 7) is 6.33. The second-order valence-electron chi connectivity index (χ2n) is 16.4. The molecule has 0 saturated heterocycles. The summed E-state index contributed by atoms with van der Waals surface area (Å²) in [5.74, 6) is -0.977. The molecule has 0 aliphatic carbocycles. The molecule has 0 aliphatic heterocycles. The summed E-state index contributed by atoms with van der Waals surface area (Å²) in [5, 5.41) is 0.